The first-order valence-electron chi connectivity index (χ1n) is 8.00. The minimum absolute atomic E-state index is 0.546. The minimum Gasteiger partial charge on any atom is -0.275 e. The quantitative estimate of drug-likeness (QED) is 0.531. The first kappa shape index (κ1) is 16.9. The molecule has 0 radical (unpaired) electrons. The van der Waals surface area contributed by atoms with Crippen molar-refractivity contribution in [1.29, 1.82) is 0 Å². The van der Waals surface area contributed by atoms with E-state index in [0.717, 1.165) is 22.4 Å². The van der Waals surface area contributed by atoms with Crippen LogP contribution in [0.25, 0.3) is 22.5 Å². The van der Waals surface area contributed by atoms with Crippen LogP contribution in [0.5, 0.6) is 0 Å². The summed E-state index contributed by atoms with van der Waals surface area (Å²) in [7, 11) is 3.74. The van der Waals surface area contributed by atoms with Crippen LogP contribution < -0.4 is 0 Å². The molecule has 0 saturated heterocycles. The lowest BCUT2D eigenvalue weighted by molar-refractivity contribution is 0.697. The van der Waals surface area contributed by atoms with Crippen molar-refractivity contribution in [2.24, 2.45) is 14.1 Å². The fraction of sp³-hybridized carbons (Fsp3) is 0.167. The molecule has 0 amide bonds. The summed E-state index contributed by atoms with van der Waals surface area (Å²) in [4.78, 5) is 0. The Hall–Kier alpha value is -2.57. The summed E-state index contributed by atoms with van der Waals surface area (Å²) in [6.45, 7) is 0.546. The number of hydrogen-bond acceptors (Lipinski definition) is 3. The van der Waals surface area contributed by atoms with Crippen LogP contribution >= 0.6 is 23.2 Å². The summed E-state index contributed by atoms with van der Waals surface area (Å²) in [5.74, 6) is 0. The molecule has 4 aromatic rings. The van der Waals surface area contributed by atoms with E-state index in [9.17, 15) is 0 Å². The molecule has 4 rings (SSSR count). The van der Waals surface area contributed by atoms with E-state index in [1.54, 1.807) is 21.8 Å². The van der Waals surface area contributed by atoms with Gasteiger partial charge in [-0.05, 0) is 17.7 Å². The third-order valence-corrected chi connectivity index (χ3v) is 4.67. The Morgan fingerprint density at radius 2 is 1.65 bits per heavy atom. The fourth-order valence-corrected chi connectivity index (χ4v) is 3.48. The molecule has 0 unspecified atom stereocenters. The molecule has 0 saturated carbocycles. The Bertz CT molecular complexity index is 1080. The standard InChI is InChI=1S/C18H16Cl2N6/c1-24-10-13(7-21-24)17-16(20)18(14-8-22-25(2)11-14)26(23-17)9-12-4-3-5-15(19)6-12/h3-8,10-11H,9H2,1-2H3. The lowest BCUT2D eigenvalue weighted by Crippen LogP contribution is -2.04. The summed E-state index contributed by atoms with van der Waals surface area (Å²) < 4.78 is 5.35. The second kappa shape index (κ2) is 6.63. The molecule has 8 heteroatoms. The van der Waals surface area contributed by atoms with Crippen molar-refractivity contribution in [3.63, 3.8) is 0 Å². The smallest absolute Gasteiger partial charge is 0.115 e. The van der Waals surface area contributed by atoms with Crippen molar-refractivity contribution in [3.05, 3.63) is 64.7 Å². The number of aromatic nitrogens is 6. The van der Waals surface area contributed by atoms with E-state index in [4.69, 9.17) is 28.3 Å². The van der Waals surface area contributed by atoms with Gasteiger partial charge in [0, 0.05) is 42.6 Å². The molecule has 132 valence electrons. The van der Waals surface area contributed by atoms with Gasteiger partial charge in [-0.3, -0.25) is 14.0 Å². The highest BCUT2D eigenvalue weighted by Crippen LogP contribution is 2.36. The maximum Gasteiger partial charge on any atom is 0.115 e. The molecule has 3 heterocycles. The van der Waals surface area contributed by atoms with Crippen LogP contribution in [0.3, 0.4) is 0 Å². The SMILES string of the molecule is Cn1cc(-c2nn(Cc3cccc(Cl)c3)c(-c3cnn(C)c3)c2Cl)cn1. The monoisotopic (exact) mass is 386 g/mol. The van der Waals surface area contributed by atoms with Crippen molar-refractivity contribution < 1.29 is 0 Å². The predicted octanol–water partition coefficient (Wildman–Crippen LogP) is 4.04. The molecule has 0 aliphatic carbocycles. The van der Waals surface area contributed by atoms with E-state index in [1.807, 2.05) is 55.4 Å². The van der Waals surface area contributed by atoms with Gasteiger partial charge in [-0.15, -0.1) is 0 Å². The van der Waals surface area contributed by atoms with Crippen molar-refractivity contribution >= 4 is 23.2 Å². The minimum atomic E-state index is 0.546. The third-order valence-electron chi connectivity index (χ3n) is 4.07. The van der Waals surface area contributed by atoms with Gasteiger partial charge in [0.1, 0.15) is 5.69 Å². The molecule has 0 aliphatic rings. The molecule has 26 heavy (non-hydrogen) atoms. The highest BCUT2D eigenvalue weighted by Gasteiger charge is 2.21. The number of benzene rings is 1. The van der Waals surface area contributed by atoms with E-state index >= 15 is 0 Å². The Balaban J connectivity index is 1.85. The molecule has 0 fully saturated rings. The fourth-order valence-electron chi connectivity index (χ4n) is 2.91. The van der Waals surface area contributed by atoms with Gasteiger partial charge in [-0.25, -0.2) is 0 Å². The number of hydrogen-bond donors (Lipinski definition) is 0. The normalized spacial score (nSPS) is 11.2. The van der Waals surface area contributed by atoms with Gasteiger partial charge in [-0.1, -0.05) is 35.3 Å². The van der Waals surface area contributed by atoms with E-state index in [-0.39, 0.29) is 0 Å². The highest BCUT2D eigenvalue weighted by molar-refractivity contribution is 6.35. The lowest BCUT2D eigenvalue weighted by atomic mass is 10.2. The predicted molar refractivity (Wildman–Crippen MR) is 102 cm³/mol. The average molecular weight is 387 g/mol. The topological polar surface area (TPSA) is 53.5 Å². The van der Waals surface area contributed by atoms with E-state index < -0.39 is 0 Å². The van der Waals surface area contributed by atoms with Gasteiger partial charge in [-0.2, -0.15) is 15.3 Å². The molecule has 0 spiro atoms. The number of nitrogens with zero attached hydrogens (tertiary/aromatic N) is 6. The van der Waals surface area contributed by atoms with Crippen molar-refractivity contribution in [3.8, 4) is 22.5 Å². The summed E-state index contributed by atoms with van der Waals surface area (Å²) in [5.41, 5.74) is 4.33. The Labute approximate surface area is 160 Å². The number of halogens is 2. The highest BCUT2D eigenvalue weighted by atomic mass is 35.5. The average Bonchev–Trinajstić information content (AvgIpc) is 3.27. The number of rotatable bonds is 4. The summed E-state index contributed by atoms with van der Waals surface area (Å²) >= 11 is 12.9. The van der Waals surface area contributed by atoms with E-state index in [1.165, 1.54) is 0 Å². The van der Waals surface area contributed by atoms with Crippen molar-refractivity contribution in [1.82, 2.24) is 29.3 Å². The van der Waals surface area contributed by atoms with E-state index in [2.05, 4.69) is 10.2 Å². The lowest BCUT2D eigenvalue weighted by Gasteiger charge is -2.07. The van der Waals surface area contributed by atoms with Crippen molar-refractivity contribution in [2.75, 3.05) is 0 Å². The largest absolute Gasteiger partial charge is 0.275 e. The molecule has 0 bridgehead atoms. The molecule has 6 nitrogen and oxygen atoms in total. The zero-order valence-corrected chi connectivity index (χ0v) is 15.8. The molecular weight excluding hydrogens is 371 g/mol. The van der Waals surface area contributed by atoms with Gasteiger partial charge in [0.2, 0.25) is 0 Å². The van der Waals surface area contributed by atoms with Gasteiger partial charge >= 0.3 is 0 Å². The Morgan fingerprint density at radius 1 is 0.962 bits per heavy atom. The van der Waals surface area contributed by atoms with Crippen LogP contribution in [0, 0.1) is 0 Å². The van der Waals surface area contributed by atoms with Crippen LogP contribution in [-0.2, 0) is 20.6 Å². The summed E-state index contributed by atoms with van der Waals surface area (Å²) in [5, 5.41) is 14.5. The number of aryl methyl sites for hydroxylation is 2. The zero-order valence-electron chi connectivity index (χ0n) is 14.3. The van der Waals surface area contributed by atoms with Gasteiger partial charge < -0.3 is 0 Å². The second-order valence-corrected chi connectivity index (χ2v) is 6.92. The van der Waals surface area contributed by atoms with Gasteiger partial charge in [0.05, 0.1) is 29.7 Å². The maximum atomic E-state index is 6.73. The molecular formula is C18H16Cl2N6. The van der Waals surface area contributed by atoms with Gasteiger partial charge in [0.15, 0.2) is 0 Å². The first-order valence-corrected chi connectivity index (χ1v) is 8.75. The molecule has 0 atom stereocenters. The molecule has 3 aromatic heterocycles. The summed E-state index contributed by atoms with van der Waals surface area (Å²) in [6.07, 6.45) is 7.35. The van der Waals surface area contributed by atoms with Crippen LogP contribution in [0.4, 0.5) is 0 Å². The Morgan fingerprint density at radius 3 is 2.27 bits per heavy atom. The van der Waals surface area contributed by atoms with Crippen molar-refractivity contribution in [2.45, 2.75) is 6.54 Å². The first-order chi connectivity index (χ1) is 12.5. The maximum absolute atomic E-state index is 6.73. The summed E-state index contributed by atoms with van der Waals surface area (Å²) in [6, 6.07) is 7.71. The van der Waals surface area contributed by atoms with Crippen LogP contribution in [0.15, 0.2) is 49.1 Å². The molecule has 0 aliphatic heterocycles. The third kappa shape index (κ3) is 3.13. The molecule has 1 aromatic carbocycles. The second-order valence-electron chi connectivity index (χ2n) is 6.10. The van der Waals surface area contributed by atoms with Crippen LogP contribution in [-0.4, -0.2) is 29.3 Å². The Kier molecular flexibility index (Phi) is 4.30. The van der Waals surface area contributed by atoms with Crippen LogP contribution in [0.2, 0.25) is 10.0 Å². The van der Waals surface area contributed by atoms with Gasteiger partial charge in [0.25, 0.3) is 0 Å². The van der Waals surface area contributed by atoms with E-state index in [0.29, 0.717) is 22.3 Å². The zero-order chi connectivity index (χ0) is 18.3. The van der Waals surface area contributed by atoms with Crippen LogP contribution in [0.1, 0.15) is 5.56 Å². The molecule has 0 N–H and O–H groups in total.